The van der Waals surface area contributed by atoms with Crippen molar-refractivity contribution in [3.8, 4) is 0 Å². The van der Waals surface area contributed by atoms with Gasteiger partial charge < -0.3 is 10.2 Å². The van der Waals surface area contributed by atoms with Crippen molar-refractivity contribution in [2.24, 2.45) is 5.92 Å². The van der Waals surface area contributed by atoms with Crippen molar-refractivity contribution in [2.75, 3.05) is 31.1 Å². The Morgan fingerprint density at radius 1 is 1.16 bits per heavy atom. The molecule has 25 heavy (non-hydrogen) atoms. The van der Waals surface area contributed by atoms with E-state index in [0.717, 1.165) is 63.5 Å². The van der Waals surface area contributed by atoms with Crippen LogP contribution in [0.15, 0.2) is 12.3 Å². The molecule has 0 bridgehead atoms. The van der Waals surface area contributed by atoms with Crippen LogP contribution in [0.2, 0.25) is 0 Å². The largest absolute Gasteiger partial charge is 0.356 e. The third kappa shape index (κ3) is 4.11. The van der Waals surface area contributed by atoms with Crippen LogP contribution in [0.3, 0.4) is 0 Å². The molecule has 0 spiro atoms. The second-order valence-electron chi connectivity index (χ2n) is 7.80. The number of aryl methyl sites for hydroxylation is 1. The molecule has 1 unspecified atom stereocenters. The number of carbonyl (C=O) groups is 1. The van der Waals surface area contributed by atoms with Crippen molar-refractivity contribution in [3.05, 3.63) is 18.1 Å². The van der Waals surface area contributed by atoms with Gasteiger partial charge in [0.05, 0.1) is 5.92 Å². The summed E-state index contributed by atoms with van der Waals surface area (Å²) in [6, 6.07) is 3.09. The van der Waals surface area contributed by atoms with Gasteiger partial charge in [0.2, 0.25) is 5.91 Å². The van der Waals surface area contributed by atoms with Gasteiger partial charge in [0.1, 0.15) is 11.6 Å². The van der Waals surface area contributed by atoms with Gasteiger partial charge in [0.25, 0.3) is 0 Å². The Bertz CT molecular complexity index is 610. The average Bonchev–Trinajstić information content (AvgIpc) is 3.46. The Kier molecular flexibility index (Phi) is 4.88. The van der Waals surface area contributed by atoms with Crippen LogP contribution in [0, 0.1) is 12.8 Å². The maximum absolute atomic E-state index is 12.4. The van der Waals surface area contributed by atoms with Crippen LogP contribution in [0.5, 0.6) is 0 Å². The van der Waals surface area contributed by atoms with E-state index >= 15 is 0 Å². The zero-order chi connectivity index (χ0) is 17.2. The van der Waals surface area contributed by atoms with E-state index in [4.69, 9.17) is 0 Å². The Labute approximate surface area is 150 Å². The molecule has 4 rings (SSSR count). The molecule has 1 N–H and O–H groups in total. The van der Waals surface area contributed by atoms with Gasteiger partial charge in [-0.05, 0) is 58.1 Å². The number of amides is 1. The summed E-state index contributed by atoms with van der Waals surface area (Å²) in [6.45, 7) is 6.10. The van der Waals surface area contributed by atoms with Crippen molar-refractivity contribution in [2.45, 2.75) is 57.5 Å². The molecular formula is C19H29N5O. The number of piperidine rings is 2. The molecule has 6 heteroatoms. The Balaban J connectivity index is 1.30. The predicted molar refractivity (Wildman–Crippen MR) is 97.5 cm³/mol. The minimum absolute atomic E-state index is 0.192. The Morgan fingerprint density at radius 2 is 1.96 bits per heavy atom. The summed E-state index contributed by atoms with van der Waals surface area (Å²) in [5.74, 6) is 2.37. The maximum atomic E-state index is 12.4. The molecule has 2 aliphatic heterocycles. The van der Waals surface area contributed by atoms with Gasteiger partial charge in [-0.1, -0.05) is 0 Å². The highest BCUT2D eigenvalue weighted by Gasteiger charge is 2.33. The van der Waals surface area contributed by atoms with Crippen LogP contribution < -0.4 is 10.2 Å². The Hall–Kier alpha value is -1.69. The second kappa shape index (κ2) is 7.28. The third-order valence-corrected chi connectivity index (χ3v) is 5.81. The molecule has 3 fully saturated rings. The van der Waals surface area contributed by atoms with E-state index < -0.39 is 0 Å². The summed E-state index contributed by atoms with van der Waals surface area (Å²) in [4.78, 5) is 26.1. The number of hydrogen-bond acceptors (Lipinski definition) is 5. The zero-order valence-electron chi connectivity index (χ0n) is 15.2. The fourth-order valence-corrected chi connectivity index (χ4v) is 4.18. The van der Waals surface area contributed by atoms with Gasteiger partial charge in [-0.15, -0.1) is 0 Å². The summed E-state index contributed by atoms with van der Waals surface area (Å²) in [6.07, 6.45) is 8.69. The van der Waals surface area contributed by atoms with Gasteiger partial charge in [0, 0.05) is 37.9 Å². The Morgan fingerprint density at radius 3 is 2.68 bits per heavy atom. The molecule has 2 saturated heterocycles. The van der Waals surface area contributed by atoms with Gasteiger partial charge >= 0.3 is 0 Å². The molecule has 1 aromatic heterocycles. The van der Waals surface area contributed by atoms with Gasteiger partial charge in [-0.3, -0.25) is 9.69 Å². The van der Waals surface area contributed by atoms with Crippen molar-refractivity contribution in [3.63, 3.8) is 0 Å². The number of nitrogens with one attached hydrogen (secondary N) is 1. The molecule has 136 valence electrons. The van der Waals surface area contributed by atoms with E-state index in [9.17, 15) is 4.79 Å². The SMILES string of the molecule is Cc1nccc(N2CCC(N3CCCC(C(=O)NC4CC4)C3)CC2)n1. The normalized spacial score (nSPS) is 25.8. The summed E-state index contributed by atoms with van der Waals surface area (Å²) in [5, 5.41) is 3.19. The van der Waals surface area contributed by atoms with Crippen LogP contribution in [-0.4, -0.2) is 59.0 Å². The molecule has 1 aliphatic carbocycles. The highest BCUT2D eigenvalue weighted by Crippen LogP contribution is 2.27. The van der Waals surface area contributed by atoms with Crippen molar-refractivity contribution < 1.29 is 4.79 Å². The van der Waals surface area contributed by atoms with Crippen LogP contribution >= 0.6 is 0 Å². The first-order valence-electron chi connectivity index (χ1n) is 9.78. The van der Waals surface area contributed by atoms with E-state index in [1.807, 2.05) is 19.2 Å². The molecule has 3 aliphatic rings. The lowest BCUT2D eigenvalue weighted by molar-refractivity contribution is -0.127. The van der Waals surface area contributed by atoms with Gasteiger partial charge in [-0.25, -0.2) is 9.97 Å². The lowest BCUT2D eigenvalue weighted by Crippen LogP contribution is -2.51. The first-order chi connectivity index (χ1) is 12.2. The summed E-state index contributed by atoms with van der Waals surface area (Å²) >= 11 is 0. The number of aromatic nitrogens is 2. The van der Waals surface area contributed by atoms with Crippen molar-refractivity contribution in [1.29, 1.82) is 0 Å². The molecule has 1 atom stereocenters. The lowest BCUT2D eigenvalue weighted by atomic mass is 9.93. The topological polar surface area (TPSA) is 61.4 Å². The first-order valence-corrected chi connectivity index (χ1v) is 9.78. The fraction of sp³-hybridized carbons (Fsp3) is 0.737. The standard InChI is InChI=1S/C19H29N5O/c1-14-20-9-6-18(21-14)23-11-7-17(8-12-23)24-10-2-3-15(13-24)19(25)22-16-4-5-16/h6,9,15-17H,2-5,7-8,10-13H2,1H3,(H,22,25). The zero-order valence-corrected chi connectivity index (χ0v) is 15.2. The van der Waals surface area contributed by atoms with Crippen molar-refractivity contribution in [1.82, 2.24) is 20.2 Å². The van der Waals surface area contributed by atoms with E-state index in [0.29, 0.717) is 18.0 Å². The maximum Gasteiger partial charge on any atom is 0.224 e. The number of likely N-dealkylation sites (tertiary alicyclic amines) is 1. The van der Waals surface area contributed by atoms with Crippen molar-refractivity contribution >= 4 is 11.7 Å². The predicted octanol–water partition coefficient (Wildman–Crippen LogP) is 1.74. The van der Waals surface area contributed by atoms with Crippen LogP contribution in [0.25, 0.3) is 0 Å². The molecule has 0 radical (unpaired) electrons. The third-order valence-electron chi connectivity index (χ3n) is 5.81. The molecule has 0 aromatic carbocycles. The number of anilines is 1. The number of rotatable bonds is 4. The van der Waals surface area contributed by atoms with Crippen LogP contribution in [0.4, 0.5) is 5.82 Å². The van der Waals surface area contributed by atoms with E-state index in [1.165, 1.54) is 12.8 Å². The number of hydrogen-bond donors (Lipinski definition) is 1. The highest BCUT2D eigenvalue weighted by atomic mass is 16.2. The molecule has 1 amide bonds. The quantitative estimate of drug-likeness (QED) is 0.902. The molecule has 1 saturated carbocycles. The average molecular weight is 343 g/mol. The highest BCUT2D eigenvalue weighted by molar-refractivity contribution is 5.79. The van der Waals surface area contributed by atoms with Gasteiger partial charge in [0.15, 0.2) is 0 Å². The molecular weight excluding hydrogens is 314 g/mol. The smallest absolute Gasteiger partial charge is 0.224 e. The number of nitrogens with zero attached hydrogens (tertiary/aromatic N) is 4. The van der Waals surface area contributed by atoms with E-state index in [-0.39, 0.29) is 5.92 Å². The summed E-state index contributed by atoms with van der Waals surface area (Å²) in [7, 11) is 0. The van der Waals surface area contributed by atoms with Crippen LogP contribution in [-0.2, 0) is 4.79 Å². The second-order valence-corrected chi connectivity index (χ2v) is 7.80. The summed E-state index contributed by atoms with van der Waals surface area (Å²) < 4.78 is 0. The molecule has 3 heterocycles. The molecule has 1 aromatic rings. The van der Waals surface area contributed by atoms with Crippen LogP contribution in [0.1, 0.15) is 44.3 Å². The minimum Gasteiger partial charge on any atom is -0.356 e. The van der Waals surface area contributed by atoms with E-state index in [1.54, 1.807) is 0 Å². The first kappa shape index (κ1) is 16.8. The molecule has 6 nitrogen and oxygen atoms in total. The fourth-order valence-electron chi connectivity index (χ4n) is 4.18. The van der Waals surface area contributed by atoms with E-state index in [2.05, 4.69) is 25.1 Å². The lowest BCUT2D eigenvalue weighted by Gasteiger charge is -2.42. The van der Waals surface area contributed by atoms with Gasteiger partial charge in [-0.2, -0.15) is 0 Å². The summed E-state index contributed by atoms with van der Waals surface area (Å²) in [5.41, 5.74) is 0. The minimum atomic E-state index is 0.192. The monoisotopic (exact) mass is 343 g/mol. The number of carbonyl (C=O) groups excluding carboxylic acids is 1.